The molecule has 4 heteroatoms. The molecule has 0 saturated heterocycles. The molecule has 1 aromatic heterocycles. The van der Waals surface area contributed by atoms with Crippen molar-refractivity contribution in [1.82, 2.24) is 10.3 Å². The maximum absolute atomic E-state index is 5.50. The summed E-state index contributed by atoms with van der Waals surface area (Å²) in [6.07, 6.45) is 2.20. The molecule has 2 rings (SSSR count). The Labute approximate surface area is 101 Å². The van der Waals surface area contributed by atoms with Crippen LogP contribution in [0.15, 0.2) is 22.6 Å². The van der Waals surface area contributed by atoms with E-state index in [-0.39, 0.29) is 0 Å². The zero-order valence-electron chi connectivity index (χ0n) is 10.2. The number of oxazole rings is 1. The molecule has 0 aliphatic heterocycles. The molecule has 92 valence electrons. The van der Waals surface area contributed by atoms with Crippen molar-refractivity contribution in [1.29, 1.82) is 0 Å². The van der Waals surface area contributed by atoms with E-state index in [1.165, 1.54) is 5.56 Å². The third kappa shape index (κ3) is 3.28. The van der Waals surface area contributed by atoms with Gasteiger partial charge in [0.05, 0.1) is 0 Å². The normalized spacial score (nSPS) is 11.2. The molecule has 0 spiro atoms. The highest BCUT2D eigenvalue weighted by Crippen LogP contribution is 2.16. The average molecular weight is 233 g/mol. The van der Waals surface area contributed by atoms with Gasteiger partial charge in [0.2, 0.25) is 0 Å². The number of nitrogens with one attached hydrogen (secondary N) is 1. The average Bonchev–Trinajstić information content (AvgIpc) is 2.68. The molecule has 0 fully saturated rings. The summed E-state index contributed by atoms with van der Waals surface area (Å²) >= 11 is 0. The van der Waals surface area contributed by atoms with E-state index < -0.39 is 0 Å². The molecule has 4 nitrogen and oxygen atoms in total. The largest absolute Gasteiger partial charge is 0.441 e. The van der Waals surface area contributed by atoms with Gasteiger partial charge in [0, 0.05) is 13.5 Å². The zero-order chi connectivity index (χ0) is 12.1. The number of benzene rings is 1. The van der Waals surface area contributed by atoms with Crippen molar-refractivity contribution in [3.05, 3.63) is 29.7 Å². The van der Waals surface area contributed by atoms with E-state index in [2.05, 4.69) is 16.4 Å². The first-order valence-electron chi connectivity index (χ1n) is 6.06. The lowest BCUT2D eigenvalue weighted by atomic mass is 10.2. The first-order chi connectivity index (χ1) is 8.29. The molecule has 17 heavy (non-hydrogen) atoms. The fourth-order valence-corrected chi connectivity index (χ4v) is 1.82. The van der Waals surface area contributed by atoms with Crippen molar-refractivity contribution in [3.8, 4) is 0 Å². The van der Waals surface area contributed by atoms with Crippen molar-refractivity contribution in [2.45, 2.75) is 26.3 Å². The SMILES string of the molecule is Cc1nc2ccc(CNCCCCN)cc2o1. The summed E-state index contributed by atoms with van der Waals surface area (Å²) in [5, 5.41) is 3.39. The minimum Gasteiger partial charge on any atom is -0.441 e. The summed E-state index contributed by atoms with van der Waals surface area (Å²) in [6, 6.07) is 6.13. The quantitative estimate of drug-likeness (QED) is 0.749. The summed E-state index contributed by atoms with van der Waals surface area (Å²) in [6.45, 7) is 4.50. The lowest BCUT2D eigenvalue weighted by Crippen LogP contribution is -2.15. The second kappa shape index (κ2) is 5.80. The molecule has 1 heterocycles. The minimum atomic E-state index is 0.716. The highest BCUT2D eigenvalue weighted by molar-refractivity contribution is 5.73. The lowest BCUT2D eigenvalue weighted by Gasteiger charge is -2.03. The van der Waals surface area contributed by atoms with Crippen molar-refractivity contribution >= 4 is 11.1 Å². The van der Waals surface area contributed by atoms with Gasteiger partial charge in [-0.05, 0) is 43.6 Å². The molecule has 0 atom stereocenters. The van der Waals surface area contributed by atoms with Crippen LogP contribution in [0.3, 0.4) is 0 Å². The monoisotopic (exact) mass is 233 g/mol. The number of nitrogens with zero attached hydrogens (tertiary/aromatic N) is 1. The summed E-state index contributed by atoms with van der Waals surface area (Å²) in [5.74, 6) is 0.716. The van der Waals surface area contributed by atoms with Gasteiger partial charge in [-0.3, -0.25) is 0 Å². The van der Waals surface area contributed by atoms with Crippen LogP contribution in [0.4, 0.5) is 0 Å². The second-order valence-corrected chi connectivity index (χ2v) is 4.21. The Kier molecular flexibility index (Phi) is 4.12. The standard InChI is InChI=1S/C13H19N3O/c1-10-16-12-5-4-11(8-13(12)17-10)9-15-7-3-2-6-14/h4-5,8,15H,2-3,6-7,9,14H2,1H3. The maximum Gasteiger partial charge on any atom is 0.192 e. The molecule has 1 aromatic carbocycles. The first-order valence-corrected chi connectivity index (χ1v) is 6.06. The van der Waals surface area contributed by atoms with E-state index in [9.17, 15) is 0 Å². The smallest absolute Gasteiger partial charge is 0.192 e. The van der Waals surface area contributed by atoms with Crippen LogP contribution in [-0.2, 0) is 6.54 Å². The Morgan fingerprint density at radius 2 is 2.24 bits per heavy atom. The predicted molar refractivity (Wildman–Crippen MR) is 68.7 cm³/mol. The van der Waals surface area contributed by atoms with Crippen LogP contribution < -0.4 is 11.1 Å². The summed E-state index contributed by atoms with van der Waals surface area (Å²) < 4.78 is 5.50. The number of hydrogen-bond acceptors (Lipinski definition) is 4. The van der Waals surface area contributed by atoms with Crippen LogP contribution in [0, 0.1) is 6.92 Å². The number of unbranched alkanes of at least 4 members (excludes halogenated alkanes) is 1. The Morgan fingerprint density at radius 1 is 1.35 bits per heavy atom. The van der Waals surface area contributed by atoms with Gasteiger partial charge in [0.15, 0.2) is 11.5 Å². The third-order valence-corrected chi connectivity index (χ3v) is 2.70. The number of rotatable bonds is 6. The molecule has 3 N–H and O–H groups in total. The molecule has 2 aromatic rings. The van der Waals surface area contributed by atoms with Crippen LogP contribution >= 0.6 is 0 Å². The van der Waals surface area contributed by atoms with E-state index in [0.717, 1.165) is 43.6 Å². The van der Waals surface area contributed by atoms with E-state index in [1.54, 1.807) is 0 Å². The summed E-state index contributed by atoms with van der Waals surface area (Å²) in [4.78, 5) is 4.27. The lowest BCUT2D eigenvalue weighted by molar-refractivity contribution is 0.560. The Bertz CT molecular complexity index is 478. The summed E-state index contributed by atoms with van der Waals surface area (Å²) in [7, 11) is 0. The Morgan fingerprint density at radius 3 is 3.06 bits per heavy atom. The number of aromatic nitrogens is 1. The van der Waals surface area contributed by atoms with E-state index >= 15 is 0 Å². The van der Waals surface area contributed by atoms with Crippen molar-refractivity contribution < 1.29 is 4.42 Å². The topological polar surface area (TPSA) is 64.1 Å². The fraction of sp³-hybridized carbons (Fsp3) is 0.462. The van der Waals surface area contributed by atoms with Crippen LogP contribution in [0.2, 0.25) is 0 Å². The van der Waals surface area contributed by atoms with Gasteiger partial charge in [0.25, 0.3) is 0 Å². The van der Waals surface area contributed by atoms with Gasteiger partial charge in [-0.25, -0.2) is 4.98 Å². The molecular formula is C13H19N3O. The molecule has 0 amide bonds. The van der Waals surface area contributed by atoms with Crippen LogP contribution in [-0.4, -0.2) is 18.1 Å². The van der Waals surface area contributed by atoms with Crippen molar-refractivity contribution in [3.63, 3.8) is 0 Å². The minimum absolute atomic E-state index is 0.716. The predicted octanol–water partition coefficient (Wildman–Crippen LogP) is 1.96. The van der Waals surface area contributed by atoms with Gasteiger partial charge in [-0.15, -0.1) is 0 Å². The molecular weight excluding hydrogens is 214 g/mol. The third-order valence-electron chi connectivity index (χ3n) is 2.70. The zero-order valence-corrected chi connectivity index (χ0v) is 10.2. The highest BCUT2D eigenvalue weighted by atomic mass is 16.3. The first kappa shape index (κ1) is 12.1. The van der Waals surface area contributed by atoms with Gasteiger partial charge >= 0.3 is 0 Å². The summed E-state index contributed by atoms with van der Waals surface area (Å²) in [5.41, 5.74) is 8.45. The van der Waals surface area contributed by atoms with E-state index in [1.807, 2.05) is 19.1 Å². The highest BCUT2D eigenvalue weighted by Gasteiger charge is 2.02. The number of fused-ring (bicyclic) bond motifs is 1. The molecule has 0 aliphatic carbocycles. The number of aryl methyl sites for hydroxylation is 1. The van der Waals surface area contributed by atoms with E-state index in [0.29, 0.717) is 5.89 Å². The van der Waals surface area contributed by atoms with Gasteiger partial charge in [-0.2, -0.15) is 0 Å². The van der Waals surface area contributed by atoms with Gasteiger partial charge in [-0.1, -0.05) is 6.07 Å². The molecule has 0 radical (unpaired) electrons. The maximum atomic E-state index is 5.50. The fourth-order valence-electron chi connectivity index (χ4n) is 1.82. The van der Waals surface area contributed by atoms with E-state index in [4.69, 9.17) is 10.2 Å². The second-order valence-electron chi connectivity index (χ2n) is 4.21. The van der Waals surface area contributed by atoms with Crippen LogP contribution in [0.25, 0.3) is 11.1 Å². The van der Waals surface area contributed by atoms with Crippen molar-refractivity contribution in [2.24, 2.45) is 5.73 Å². The van der Waals surface area contributed by atoms with Gasteiger partial charge < -0.3 is 15.5 Å². The van der Waals surface area contributed by atoms with Gasteiger partial charge in [0.1, 0.15) is 5.52 Å². The molecule has 0 unspecified atom stereocenters. The Balaban J connectivity index is 1.90. The molecule has 0 saturated carbocycles. The van der Waals surface area contributed by atoms with Crippen molar-refractivity contribution in [2.75, 3.05) is 13.1 Å². The van der Waals surface area contributed by atoms with Crippen LogP contribution in [0.1, 0.15) is 24.3 Å². The number of hydrogen-bond donors (Lipinski definition) is 2. The molecule has 0 aliphatic rings. The number of nitrogens with two attached hydrogens (primary N) is 1. The molecule has 0 bridgehead atoms. The Hall–Kier alpha value is -1.39. The van der Waals surface area contributed by atoms with Crippen LogP contribution in [0.5, 0.6) is 0 Å².